The van der Waals surface area contributed by atoms with Crippen LogP contribution in [-0.4, -0.2) is 30.9 Å². The van der Waals surface area contributed by atoms with Crippen LogP contribution in [0.4, 0.5) is 0 Å². The Hall–Kier alpha value is -0.280. The molecule has 1 atom stereocenters. The van der Waals surface area contributed by atoms with Gasteiger partial charge < -0.3 is 10.6 Å². The molecule has 0 aromatic heterocycles. The lowest BCUT2D eigenvalue weighted by atomic mass is 9.93. The summed E-state index contributed by atoms with van der Waals surface area (Å²) in [6.07, 6.45) is 1.03. The number of carbonyl (C=O) groups is 1. The number of halogens is 1. The highest BCUT2D eigenvalue weighted by molar-refractivity contribution is 5.85. The number of hydrogen-bond acceptors (Lipinski definition) is 2. The van der Waals surface area contributed by atoms with E-state index in [0.717, 1.165) is 13.0 Å². The second kappa shape index (κ2) is 4.92. The van der Waals surface area contributed by atoms with E-state index in [0.29, 0.717) is 6.54 Å². The van der Waals surface area contributed by atoms with E-state index in [9.17, 15) is 4.79 Å². The maximum Gasteiger partial charge on any atom is 0.226 e. The summed E-state index contributed by atoms with van der Waals surface area (Å²) in [4.78, 5) is 13.8. The van der Waals surface area contributed by atoms with E-state index < -0.39 is 0 Å². The van der Waals surface area contributed by atoms with Crippen molar-refractivity contribution in [1.29, 1.82) is 0 Å². The van der Waals surface area contributed by atoms with Crippen molar-refractivity contribution in [2.24, 2.45) is 22.5 Å². The lowest BCUT2D eigenvalue weighted by molar-refractivity contribution is -0.133. The third-order valence-electron chi connectivity index (χ3n) is 3.41. The molecule has 0 aromatic rings. The largest absolute Gasteiger partial charge is 0.345 e. The smallest absolute Gasteiger partial charge is 0.226 e. The molecular weight excluding hydrogens is 224 g/mol. The Bertz CT molecular complexity index is 264. The molecule has 0 spiro atoms. The summed E-state index contributed by atoms with van der Waals surface area (Å²) in [7, 11) is 1.88. The highest BCUT2D eigenvalue weighted by Crippen LogP contribution is 2.52. The summed E-state index contributed by atoms with van der Waals surface area (Å²) in [5.74, 6) is 0.512. The highest BCUT2D eigenvalue weighted by atomic mass is 35.5. The van der Waals surface area contributed by atoms with Gasteiger partial charge in [0.1, 0.15) is 0 Å². The Kier molecular flexibility index (Phi) is 4.84. The van der Waals surface area contributed by atoms with Crippen LogP contribution in [0.5, 0.6) is 0 Å². The van der Waals surface area contributed by atoms with Crippen molar-refractivity contribution in [3.8, 4) is 0 Å². The fourth-order valence-corrected chi connectivity index (χ4v) is 1.94. The average molecular weight is 249 g/mol. The fourth-order valence-electron chi connectivity index (χ4n) is 1.94. The molecule has 0 aromatic carbocycles. The van der Waals surface area contributed by atoms with E-state index in [1.807, 2.05) is 11.9 Å². The zero-order chi connectivity index (χ0) is 11.9. The fraction of sp³-hybridized carbons (Fsp3) is 0.917. The first kappa shape index (κ1) is 15.7. The zero-order valence-corrected chi connectivity index (χ0v) is 11.9. The quantitative estimate of drug-likeness (QED) is 0.826. The first-order chi connectivity index (χ1) is 6.69. The van der Waals surface area contributed by atoms with Crippen molar-refractivity contribution in [3.63, 3.8) is 0 Å². The molecular formula is C12H25ClN2O. The third-order valence-corrected chi connectivity index (χ3v) is 3.41. The molecule has 96 valence electrons. The number of rotatable bonds is 4. The van der Waals surface area contributed by atoms with Crippen LogP contribution in [0.1, 0.15) is 34.1 Å². The molecule has 0 bridgehead atoms. The van der Waals surface area contributed by atoms with E-state index in [4.69, 9.17) is 5.73 Å². The molecule has 2 N–H and O–H groups in total. The summed E-state index contributed by atoms with van der Waals surface area (Å²) >= 11 is 0. The van der Waals surface area contributed by atoms with Gasteiger partial charge in [-0.05, 0) is 23.8 Å². The van der Waals surface area contributed by atoms with E-state index in [1.165, 1.54) is 0 Å². The van der Waals surface area contributed by atoms with Crippen molar-refractivity contribution in [1.82, 2.24) is 4.90 Å². The van der Waals surface area contributed by atoms with Crippen molar-refractivity contribution in [2.75, 3.05) is 20.1 Å². The van der Waals surface area contributed by atoms with E-state index >= 15 is 0 Å². The van der Waals surface area contributed by atoms with Gasteiger partial charge in [0.2, 0.25) is 5.91 Å². The molecule has 1 aliphatic carbocycles. The number of carbonyl (C=O) groups excluding carboxylic acids is 1. The van der Waals surface area contributed by atoms with E-state index in [-0.39, 0.29) is 35.1 Å². The van der Waals surface area contributed by atoms with Gasteiger partial charge in [-0.2, -0.15) is 0 Å². The van der Waals surface area contributed by atoms with E-state index in [1.54, 1.807) is 0 Å². The predicted molar refractivity (Wildman–Crippen MR) is 69.6 cm³/mol. The van der Waals surface area contributed by atoms with Gasteiger partial charge in [-0.15, -0.1) is 12.4 Å². The molecule has 0 heterocycles. The van der Waals surface area contributed by atoms with Crippen molar-refractivity contribution in [3.05, 3.63) is 0 Å². The number of nitrogens with two attached hydrogens (primary N) is 1. The van der Waals surface area contributed by atoms with Gasteiger partial charge in [0, 0.05) is 19.5 Å². The molecule has 4 heteroatoms. The molecule has 1 unspecified atom stereocenters. The first-order valence-electron chi connectivity index (χ1n) is 5.65. The van der Waals surface area contributed by atoms with Crippen LogP contribution in [0.3, 0.4) is 0 Å². The topological polar surface area (TPSA) is 46.3 Å². The Morgan fingerprint density at radius 3 is 2.25 bits per heavy atom. The molecule has 0 saturated heterocycles. The predicted octanol–water partition coefficient (Wildman–Crippen LogP) is 1.90. The molecule has 1 rings (SSSR count). The standard InChI is InChI=1S/C12H24N2O.ClH/c1-11(2,7-13)8-14(5)10(15)9-6-12(9,3)4;/h9H,6-8,13H2,1-5H3;1H. The normalized spacial score (nSPS) is 22.2. The van der Waals surface area contributed by atoms with Crippen LogP contribution in [-0.2, 0) is 4.79 Å². The second-order valence-electron chi connectivity index (χ2n) is 6.31. The minimum Gasteiger partial charge on any atom is -0.345 e. The SMILES string of the molecule is CN(CC(C)(C)CN)C(=O)C1CC1(C)C.Cl. The highest BCUT2D eigenvalue weighted by Gasteiger charge is 2.51. The van der Waals surface area contributed by atoms with Crippen LogP contribution in [0.25, 0.3) is 0 Å². The van der Waals surface area contributed by atoms with Gasteiger partial charge in [0.05, 0.1) is 0 Å². The molecule has 16 heavy (non-hydrogen) atoms. The van der Waals surface area contributed by atoms with Crippen LogP contribution in [0.2, 0.25) is 0 Å². The lowest BCUT2D eigenvalue weighted by Crippen LogP contribution is -2.40. The maximum atomic E-state index is 12.0. The maximum absolute atomic E-state index is 12.0. The zero-order valence-electron chi connectivity index (χ0n) is 11.0. The van der Waals surface area contributed by atoms with Gasteiger partial charge in [-0.25, -0.2) is 0 Å². The van der Waals surface area contributed by atoms with E-state index in [2.05, 4.69) is 27.7 Å². The summed E-state index contributed by atoms with van der Waals surface area (Å²) in [6, 6.07) is 0. The summed E-state index contributed by atoms with van der Waals surface area (Å²) < 4.78 is 0. The van der Waals surface area contributed by atoms with Crippen molar-refractivity contribution < 1.29 is 4.79 Å². The van der Waals surface area contributed by atoms with Gasteiger partial charge >= 0.3 is 0 Å². The Balaban J connectivity index is 0.00000225. The average Bonchev–Trinajstić information content (AvgIpc) is 2.73. The molecule has 0 aliphatic heterocycles. The molecule has 1 saturated carbocycles. The van der Waals surface area contributed by atoms with Crippen LogP contribution in [0, 0.1) is 16.7 Å². The Morgan fingerprint density at radius 1 is 1.50 bits per heavy atom. The number of nitrogens with zero attached hydrogens (tertiary/aromatic N) is 1. The first-order valence-corrected chi connectivity index (χ1v) is 5.65. The summed E-state index contributed by atoms with van der Waals surface area (Å²) in [5.41, 5.74) is 5.90. The summed E-state index contributed by atoms with van der Waals surface area (Å²) in [5, 5.41) is 0. The van der Waals surface area contributed by atoms with Gasteiger partial charge in [-0.1, -0.05) is 27.7 Å². The third kappa shape index (κ3) is 3.63. The van der Waals surface area contributed by atoms with Gasteiger partial charge in [0.25, 0.3) is 0 Å². The van der Waals surface area contributed by atoms with Gasteiger partial charge in [-0.3, -0.25) is 4.79 Å². The van der Waals surface area contributed by atoms with Gasteiger partial charge in [0.15, 0.2) is 0 Å². The Morgan fingerprint density at radius 2 is 1.94 bits per heavy atom. The Labute approximate surface area is 105 Å². The lowest BCUT2D eigenvalue weighted by Gasteiger charge is -2.29. The van der Waals surface area contributed by atoms with Crippen LogP contribution < -0.4 is 5.73 Å². The minimum atomic E-state index is 0. The molecule has 0 radical (unpaired) electrons. The monoisotopic (exact) mass is 248 g/mol. The number of amides is 1. The summed E-state index contributed by atoms with van der Waals surface area (Å²) in [6.45, 7) is 9.84. The molecule has 1 aliphatic rings. The minimum absolute atomic E-state index is 0. The van der Waals surface area contributed by atoms with Crippen LogP contribution in [0.15, 0.2) is 0 Å². The van der Waals surface area contributed by atoms with Crippen LogP contribution >= 0.6 is 12.4 Å². The second-order valence-corrected chi connectivity index (χ2v) is 6.31. The van der Waals surface area contributed by atoms with Crippen molar-refractivity contribution in [2.45, 2.75) is 34.1 Å². The molecule has 3 nitrogen and oxygen atoms in total. The molecule has 1 amide bonds. The van der Waals surface area contributed by atoms with Crippen molar-refractivity contribution >= 4 is 18.3 Å². The molecule has 1 fully saturated rings. The number of hydrogen-bond donors (Lipinski definition) is 1.